The highest BCUT2D eigenvalue weighted by atomic mass is 19.4. The van der Waals surface area contributed by atoms with Gasteiger partial charge in [0.1, 0.15) is 0 Å². The average Bonchev–Trinajstić information content (AvgIpc) is 3.01. The number of hydrogen-bond acceptors (Lipinski definition) is 2. The van der Waals surface area contributed by atoms with Crippen molar-refractivity contribution in [1.82, 2.24) is 0 Å². The van der Waals surface area contributed by atoms with Crippen LogP contribution >= 0.6 is 0 Å². The predicted octanol–water partition coefficient (Wildman–Crippen LogP) is 5.61. The summed E-state index contributed by atoms with van der Waals surface area (Å²) in [5, 5.41) is 0. The molecule has 2 atom stereocenters. The number of ether oxygens (including phenoxy) is 1. The fourth-order valence-electron chi connectivity index (χ4n) is 4.31. The van der Waals surface area contributed by atoms with Crippen molar-refractivity contribution in [3.63, 3.8) is 0 Å². The summed E-state index contributed by atoms with van der Waals surface area (Å²) in [4.78, 5) is 13.0. The monoisotopic (exact) mass is 394 g/mol. The zero-order valence-electron chi connectivity index (χ0n) is 15.9. The van der Waals surface area contributed by atoms with Gasteiger partial charge in [0.25, 0.3) is 0 Å². The van der Waals surface area contributed by atoms with Gasteiger partial charge in [-0.25, -0.2) is 4.39 Å². The SMILES string of the molecule is COC(=O)C1(c2ccccc2)C=C(C(F)(F)F)C=CC1(F)C1=CCCC1(C)C. The third-order valence-electron chi connectivity index (χ3n) is 5.74. The lowest BCUT2D eigenvalue weighted by molar-refractivity contribution is -0.150. The molecule has 1 aromatic rings. The van der Waals surface area contributed by atoms with Crippen molar-refractivity contribution in [2.24, 2.45) is 5.41 Å². The van der Waals surface area contributed by atoms with Gasteiger partial charge in [0.2, 0.25) is 0 Å². The minimum Gasteiger partial charge on any atom is -0.468 e. The van der Waals surface area contributed by atoms with E-state index in [-0.39, 0.29) is 5.56 Å². The molecule has 0 heterocycles. The minimum absolute atomic E-state index is 0.110. The number of allylic oxidation sites excluding steroid dienone is 5. The number of halogens is 4. The van der Waals surface area contributed by atoms with Gasteiger partial charge in [-0.05, 0) is 41.5 Å². The Kier molecular flexibility index (Phi) is 4.80. The Morgan fingerprint density at radius 2 is 1.79 bits per heavy atom. The maximum atomic E-state index is 16.9. The Balaban J connectivity index is 2.38. The van der Waals surface area contributed by atoms with Gasteiger partial charge in [0.15, 0.2) is 11.1 Å². The first-order chi connectivity index (χ1) is 13.0. The fraction of sp³-hybridized carbons (Fsp3) is 0.409. The molecule has 2 aliphatic carbocycles. The first-order valence-electron chi connectivity index (χ1n) is 9.02. The molecule has 3 rings (SSSR count). The van der Waals surface area contributed by atoms with Crippen molar-refractivity contribution in [3.05, 3.63) is 71.3 Å². The summed E-state index contributed by atoms with van der Waals surface area (Å²) in [7, 11) is 1.06. The molecule has 0 saturated heterocycles. The number of rotatable bonds is 3. The first-order valence-corrected chi connectivity index (χ1v) is 9.02. The number of carbonyl (C=O) groups is 1. The smallest absolute Gasteiger partial charge is 0.416 e. The van der Waals surface area contributed by atoms with Crippen molar-refractivity contribution in [1.29, 1.82) is 0 Å². The number of alkyl halides is 4. The van der Waals surface area contributed by atoms with E-state index in [9.17, 15) is 18.0 Å². The molecule has 0 aliphatic heterocycles. The minimum atomic E-state index is -4.73. The predicted molar refractivity (Wildman–Crippen MR) is 98.4 cm³/mol. The summed E-state index contributed by atoms with van der Waals surface area (Å²) < 4.78 is 62.4. The molecule has 0 spiro atoms. The van der Waals surface area contributed by atoms with Gasteiger partial charge in [-0.15, -0.1) is 0 Å². The molecule has 6 heteroatoms. The van der Waals surface area contributed by atoms with Crippen molar-refractivity contribution in [2.75, 3.05) is 7.11 Å². The number of methoxy groups -OCH3 is 1. The third kappa shape index (κ3) is 2.90. The average molecular weight is 394 g/mol. The molecule has 2 nitrogen and oxygen atoms in total. The summed E-state index contributed by atoms with van der Waals surface area (Å²) in [5.74, 6) is -1.07. The summed E-state index contributed by atoms with van der Waals surface area (Å²) in [5.41, 5.74) is -6.06. The van der Waals surface area contributed by atoms with Crippen LogP contribution in [-0.2, 0) is 14.9 Å². The Morgan fingerprint density at radius 3 is 2.29 bits per heavy atom. The van der Waals surface area contributed by atoms with Crippen LogP contribution in [0.1, 0.15) is 32.3 Å². The molecule has 150 valence electrons. The number of esters is 1. The Labute approximate surface area is 161 Å². The first kappa shape index (κ1) is 20.4. The van der Waals surface area contributed by atoms with E-state index < -0.39 is 34.2 Å². The molecule has 0 saturated carbocycles. The van der Waals surface area contributed by atoms with Crippen LogP contribution in [0, 0.1) is 5.41 Å². The number of carbonyl (C=O) groups excluding carboxylic acids is 1. The highest BCUT2D eigenvalue weighted by molar-refractivity contribution is 5.90. The topological polar surface area (TPSA) is 26.3 Å². The molecule has 28 heavy (non-hydrogen) atoms. The zero-order chi connectivity index (χ0) is 20.8. The molecule has 2 unspecified atom stereocenters. The fourth-order valence-corrected chi connectivity index (χ4v) is 4.31. The second-order valence-electron chi connectivity index (χ2n) is 7.85. The highest BCUT2D eigenvalue weighted by Crippen LogP contribution is 2.57. The Hall–Kier alpha value is -2.37. The standard InChI is InChI=1S/C22H22F4O2/c1-19(2)12-7-10-17(19)21(23)13-11-16(22(24,25)26)14-20(21,18(27)28-3)15-8-5-4-6-9-15/h4-6,8-11,13-14H,7,12H2,1-3H3. The maximum Gasteiger partial charge on any atom is 0.416 e. The second kappa shape index (κ2) is 6.61. The molecular weight excluding hydrogens is 372 g/mol. The number of hydrogen-bond donors (Lipinski definition) is 0. The molecule has 0 radical (unpaired) electrons. The van der Waals surface area contributed by atoms with Crippen LogP contribution in [0.3, 0.4) is 0 Å². The summed E-state index contributed by atoms with van der Waals surface area (Å²) in [6.07, 6.45) is 0.470. The van der Waals surface area contributed by atoms with E-state index >= 15 is 4.39 Å². The van der Waals surface area contributed by atoms with Crippen LogP contribution in [0.5, 0.6) is 0 Å². The van der Waals surface area contributed by atoms with Gasteiger partial charge in [-0.1, -0.05) is 56.3 Å². The van der Waals surface area contributed by atoms with E-state index in [0.29, 0.717) is 24.5 Å². The van der Waals surface area contributed by atoms with Crippen molar-refractivity contribution in [2.45, 2.75) is 43.9 Å². The quantitative estimate of drug-likeness (QED) is 0.378. The van der Waals surface area contributed by atoms with Gasteiger partial charge in [-0.3, -0.25) is 4.79 Å². The van der Waals surface area contributed by atoms with Crippen molar-refractivity contribution >= 4 is 5.97 Å². The molecule has 0 N–H and O–H groups in total. The molecule has 0 amide bonds. The third-order valence-corrected chi connectivity index (χ3v) is 5.74. The summed E-state index contributed by atoms with van der Waals surface area (Å²) >= 11 is 0. The maximum absolute atomic E-state index is 16.9. The summed E-state index contributed by atoms with van der Waals surface area (Å²) in [6.45, 7) is 3.66. The number of benzene rings is 1. The van der Waals surface area contributed by atoms with E-state index in [2.05, 4.69) is 0 Å². The highest BCUT2D eigenvalue weighted by Gasteiger charge is 2.63. The van der Waals surface area contributed by atoms with Gasteiger partial charge >= 0.3 is 12.1 Å². The van der Waals surface area contributed by atoms with Crippen LogP contribution < -0.4 is 0 Å². The van der Waals surface area contributed by atoms with E-state index in [1.54, 1.807) is 24.3 Å². The van der Waals surface area contributed by atoms with Gasteiger partial charge in [0.05, 0.1) is 12.7 Å². The Morgan fingerprint density at radius 1 is 1.14 bits per heavy atom. The van der Waals surface area contributed by atoms with E-state index in [4.69, 9.17) is 4.74 Å². The normalized spacial score (nSPS) is 29.2. The zero-order valence-corrected chi connectivity index (χ0v) is 15.9. The van der Waals surface area contributed by atoms with Crippen LogP contribution in [0.4, 0.5) is 17.6 Å². The largest absolute Gasteiger partial charge is 0.468 e. The lowest BCUT2D eigenvalue weighted by Gasteiger charge is -2.46. The van der Waals surface area contributed by atoms with Crippen LogP contribution in [0.15, 0.2) is 65.8 Å². The van der Waals surface area contributed by atoms with E-state index in [1.807, 2.05) is 13.8 Å². The van der Waals surface area contributed by atoms with E-state index in [0.717, 1.165) is 19.3 Å². The molecule has 2 aliphatic rings. The molecule has 0 aromatic heterocycles. The van der Waals surface area contributed by atoms with Gasteiger partial charge in [-0.2, -0.15) is 13.2 Å². The van der Waals surface area contributed by atoms with Crippen LogP contribution in [0.25, 0.3) is 0 Å². The van der Waals surface area contributed by atoms with Crippen LogP contribution in [0.2, 0.25) is 0 Å². The van der Waals surface area contributed by atoms with Crippen LogP contribution in [-0.4, -0.2) is 24.9 Å². The lowest BCUT2D eigenvalue weighted by Crippen LogP contribution is -2.56. The van der Waals surface area contributed by atoms with Crippen molar-refractivity contribution in [3.8, 4) is 0 Å². The molecule has 0 bridgehead atoms. The van der Waals surface area contributed by atoms with Crippen molar-refractivity contribution < 1.29 is 27.1 Å². The molecule has 1 aromatic carbocycles. The van der Waals surface area contributed by atoms with Gasteiger partial charge < -0.3 is 4.74 Å². The molecular formula is C22H22F4O2. The Bertz CT molecular complexity index is 864. The summed E-state index contributed by atoms with van der Waals surface area (Å²) in [6, 6.07) is 7.69. The van der Waals surface area contributed by atoms with Gasteiger partial charge in [0, 0.05) is 0 Å². The molecule has 0 fully saturated rings. The van der Waals surface area contributed by atoms with E-state index in [1.165, 1.54) is 12.1 Å². The second-order valence-corrected chi connectivity index (χ2v) is 7.85. The lowest BCUT2D eigenvalue weighted by atomic mass is 9.58.